The fourth-order valence-corrected chi connectivity index (χ4v) is 3.30. The number of ether oxygens (including phenoxy) is 1. The Morgan fingerprint density at radius 2 is 2.00 bits per heavy atom. The van der Waals surface area contributed by atoms with Crippen molar-refractivity contribution in [1.29, 1.82) is 0 Å². The first-order valence-electron chi connectivity index (χ1n) is 8.31. The quantitative estimate of drug-likeness (QED) is 0.768. The van der Waals surface area contributed by atoms with E-state index in [4.69, 9.17) is 4.74 Å². The van der Waals surface area contributed by atoms with Crippen molar-refractivity contribution in [2.75, 3.05) is 32.8 Å². The highest BCUT2D eigenvalue weighted by Crippen LogP contribution is 2.24. The minimum absolute atomic E-state index is 0.580. The van der Waals surface area contributed by atoms with Crippen LogP contribution >= 0.6 is 0 Å². The van der Waals surface area contributed by atoms with E-state index in [1.807, 2.05) is 0 Å². The van der Waals surface area contributed by atoms with Crippen molar-refractivity contribution in [2.45, 2.75) is 64.5 Å². The van der Waals surface area contributed by atoms with E-state index in [1.165, 1.54) is 51.6 Å². The van der Waals surface area contributed by atoms with E-state index in [-0.39, 0.29) is 0 Å². The van der Waals surface area contributed by atoms with Crippen LogP contribution in [-0.4, -0.2) is 49.8 Å². The fourth-order valence-electron chi connectivity index (χ4n) is 3.30. The van der Waals surface area contributed by atoms with Gasteiger partial charge in [-0.05, 0) is 44.7 Å². The second kappa shape index (κ2) is 8.23. The lowest BCUT2D eigenvalue weighted by atomic mass is 10.1. The zero-order chi connectivity index (χ0) is 13.5. The van der Waals surface area contributed by atoms with Crippen molar-refractivity contribution >= 4 is 0 Å². The van der Waals surface area contributed by atoms with E-state index >= 15 is 0 Å². The Morgan fingerprint density at radius 1 is 1.21 bits per heavy atom. The van der Waals surface area contributed by atoms with Gasteiger partial charge in [0.1, 0.15) is 0 Å². The molecule has 1 heterocycles. The van der Waals surface area contributed by atoms with Gasteiger partial charge in [-0.3, -0.25) is 0 Å². The first-order chi connectivity index (χ1) is 9.25. The zero-order valence-electron chi connectivity index (χ0n) is 12.9. The SMILES string of the molecule is CC(C)CCN(CCC1COCCN1)C1CCCC1. The molecule has 0 spiro atoms. The summed E-state index contributed by atoms with van der Waals surface area (Å²) >= 11 is 0. The zero-order valence-corrected chi connectivity index (χ0v) is 12.9. The van der Waals surface area contributed by atoms with Gasteiger partial charge in [-0.1, -0.05) is 26.7 Å². The molecule has 1 aliphatic carbocycles. The third kappa shape index (κ3) is 5.41. The van der Waals surface area contributed by atoms with Crippen molar-refractivity contribution in [3.8, 4) is 0 Å². The monoisotopic (exact) mass is 268 g/mol. The van der Waals surface area contributed by atoms with Gasteiger partial charge in [-0.25, -0.2) is 0 Å². The van der Waals surface area contributed by atoms with Gasteiger partial charge in [-0.15, -0.1) is 0 Å². The molecule has 0 radical (unpaired) electrons. The maximum absolute atomic E-state index is 5.56. The van der Waals surface area contributed by atoms with E-state index < -0.39 is 0 Å². The normalized spacial score (nSPS) is 25.6. The lowest BCUT2D eigenvalue weighted by molar-refractivity contribution is 0.0668. The minimum Gasteiger partial charge on any atom is -0.379 e. The molecule has 1 unspecified atom stereocenters. The fraction of sp³-hybridized carbons (Fsp3) is 1.00. The van der Waals surface area contributed by atoms with Gasteiger partial charge in [0.05, 0.1) is 13.2 Å². The lowest BCUT2D eigenvalue weighted by Crippen LogP contribution is -2.44. The van der Waals surface area contributed by atoms with Gasteiger partial charge in [0.2, 0.25) is 0 Å². The van der Waals surface area contributed by atoms with E-state index in [1.54, 1.807) is 0 Å². The van der Waals surface area contributed by atoms with Crippen LogP contribution in [0.25, 0.3) is 0 Å². The standard InChI is InChI=1S/C16H32N2O/c1-14(2)7-10-18(16-5-3-4-6-16)11-8-15-13-19-12-9-17-15/h14-17H,3-13H2,1-2H3. The molecule has 2 aliphatic rings. The molecule has 0 aromatic carbocycles. The van der Waals surface area contributed by atoms with Crippen LogP contribution in [0.15, 0.2) is 0 Å². The lowest BCUT2D eigenvalue weighted by Gasteiger charge is -2.32. The molecule has 0 amide bonds. The maximum atomic E-state index is 5.56. The number of rotatable bonds is 7. The molecular weight excluding hydrogens is 236 g/mol. The number of nitrogens with zero attached hydrogens (tertiary/aromatic N) is 1. The van der Waals surface area contributed by atoms with Crippen LogP contribution in [-0.2, 0) is 4.74 Å². The summed E-state index contributed by atoms with van der Waals surface area (Å²) in [4.78, 5) is 2.77. The summed E-state index contributed by atoms with van der Waals surface area (Å²) in [7, 11) is 0. The molecule has 3 nitrogen and oxygen atoms in total. The predicted molar refractivity (Wildman–Crippen MR) is 80.5 cm³/mol. The average Bonchev–Trinajstić information content (AvgIpc) is 2.93. The number of hydrogen-bond donors (Lipinski definition) is 1. The number of nitrogens with one attached hydrogen (secondary N) is 1. The molecule has 0 aromatic heterocycles. The van der Waals surface area contributed by atoms with Crippen LogP contribution in [0, 0.1) is 5.92 Å². The Balaban J connectivity index is 1.74. The molecule has 1 aliphatic heterocycles. The molecule has 1 atom stereocenters. The van der Waals surface area contributed by atoms with E-state index in [9.17, 15) is 0 Å². The highest BCUT2D eigenvalue weighted by atomic mass is 16.5. The third-order valence-corrected chi connectivity index (χ3v) is 4.60. The Labute approximate surface area is 119 Å². The van der Waals surface area contributed by atoms with E-state index in [0.29, 0.717) is 6.04 Å². The smallest absolute Gasteiger partial charge is 0.0620 e. The third-order valence-electron chi connectivity index (χ3n) is 4.60. The van der Waals surface area contributed by atoms with Crippen molar-refractivity contribution in [2.24, 2.45) is 5.92 Å². The summed E-state index contributed by atoms with van der Waals surface area (Å²) in [5.41, 5.74) is 0. The number of morpholine rings is 1. The number of hydrogen-bond acceptors (Lipinski definition) is 3. The molecule has 3 heteroatoms. The Bertz CT molecular complexity index is 233. The molecule has 0 bridgehead atoms. The topological polar surface area (TPSA) is 24.5 Å². The van der Waals surface area contributed by atoms with E-state index in [0.717, 1.165) is 31.7 Å². The van der Waals surface area contributed by atoms with Crippen molar-refractivity contribution < 1.29 is 4.74 Å². The van der Waals surface area contributed by atoms with E-state index in [2.05, 4.69) is 24.1 Å². The van der Waals surface area contributed by atoms with Crippen LogP contribution in [0.1, 0.15) is 52.4 Å². The highest BCUT2D eigenvalue weighted by Gasteiger charge is 2.23. The first-order valence-corrected chi connectivity index (χ1v) is 8.31. The summed E-state index contributed by atoms with van der Waals surface area (Å²) in [6.07, 6.45) is 8.31. The summed E-state index contributed by atoms with van der Waals surface area (Å²) in [5.74, 6) is 0.819. The van der Waals surface area contributed by atoms with Gasteiger partial charge >= 0.3 is 0 Å². The molecule has 1 saturated heterocycles. The second-order valence-corrected chi connectivity index (χ2v) is 6.67. The van der Waals surface area contributed by atoms with Crippen LogP contribution in [0.2, 0.25) is 0 Å². The first kappa shape index (κ1) is 15.3. The van der Waals surface area contributed by atoms with Crippen LogP contribution in [0.3, 0.4) is 0 Å². The van der Waals surface area contributed by atoms with Gasteiger partial charge in [-0.2, -0.15) is 0 Å². The minimum atomic E-state index is 0.580. The summed E-state index contributed by atoms with van der Waals surface area (Å²) in [5, 5.41) is 3.58. The summed E-state index contributed by atoms with van der Waals surface area (Å²) in [6, 6.07) is 1.44. The average molecular weight is 268 g/mol. The maximum Gasteiger partial charge on any atom is 0.0620 e. The van der Waals surface area contributed by atoms with Gasteiger partial charge in [0, 0.05) is 18.6 Å². The van der Waals surface area contributed by atoms with Gasteiger partial charge < -0.3 is 15.0 Å². The van der Waals surface area contributed by atoms with Crippen LogP contribution in [0.4, 0.5) is 0 Å². The van der Waals surface area contributed by atoms with Crippen molar-refractivity contribution in [3.05, 3.63) is 0 Å². The Morgan fingerprint density at radius 3 is 2.63 bits per heavy atom. The molecule has 19 heavy (non-hydrogen) atoms. The Hall–Kier alpha value is -0.120. The van der Waals surface area contributed by atoms with Gasteiger partial charge in [0.15, 0.2) is 0 Å². The summed E-state index contributed by atoms with van der Waals surface area (Å²) < 4.78 is 5.56. The van der Waals surface area contributed by atoms with Crippen LogP contribution in [0.5, 0.6) is 0 Å². The summed E-state index contributed by atoms with van der Waals surface area (Å²) in [6.45, 7) is 10.0. The molecular formula is C16H32N2O. The van der Waals surface area contributed by atoms with Crippen molar-refractivity contribution in [3.63, 3.8) is 0 Å². The largest absolute Gasteiger partial charge is 0.379 e. The Kier molecular flexibility index (Phi) is 6.62. The molecule has 1 saturated carbocycles. The molecule has 0 aromatic rings. The molecule has 1 N–H and O–H groups in total. The second-order valence-electron chi connectivity index (χ2n) is 6.67. The predicted octanol–water partition coefficient (Wildman–Crippen LogP) is 2.66. The van der Waals surface area contributed by atoms with Crippen molar-refractivity contribution in [1.82, 2.24) is 10.2 Å². The highest BCUT2D eigenvalue weighted by molar-refractivity contribution is 4.80. The van der Waals surface area contributed by atoms with Gasteiger partial charge in [0.25, 0.3) is 0 Å². The molecule has 112 valence electrons. The molecule has 2 fully saturated rings. The molecule has 2 rings (SSSR count). The van der Waals surface area contributed by atoms with Crippen LogP contribution < -0.4 is 5.32 Å².